The molecular formula is C14H20ClNO3S2. The van der Waals surface area contributed by atoms with Crippen molar-refractivity contribution in [2.24, 2.45) is 0 Å². The summed E-state index contributed by atoms with van der Waals surface area (Å²) in [7, 11) is -2.09. The summed E-state index contributed by atoms with van der Waals surface area (Å²) < 4.78 is 32.6. The summed E-state index contributed by atoms with van der Waals surface area (Å²) in [4.78, 5) is 0.203. The molecule has 1 heterocycles. The highest BCUT2D eigenvalue weighted by molar-refractivity contribution is 8.00. The molecule has 21 heavy (non-hydrogen) atoms. The van der Waals surface area contributed by atoms with E-state index < -0.39 is 10.0 Å². The van der Waals surface area contributed by atoms with Gasteiger partial charge >= 0.3 is 0 Å². The number of ether oxygens (including phenoxy) is 1. The highest BCUT2D eigenvalue weighted by Crippen LogP contribution is 2.33. The Morgan fingerprint density at radius 2 is 1.95 bits per heavy atom. The molecule has 7 heteroatoms. The van der Waals surface area contributed by atoms with Crippen molar-refractivity contribution >= 4 is 33.4 Å². The zero-order valence-corrected chi connectivity index (χ0v) is 14.8. The first-order valence-corrected chi connectivity index (χ1v) is 9.68. The van der Waals surface area contributed by atoms with Crippen LogP contribution in [0.5, 0.6) is 5.75 Å². The Morgan fingerprint density at radius 3 is 2.48 bits per heavy atom. The summed E-state index contributed by atoms with van der Waals surface area (Å²) in [6.45, 7) is 5.14. The molecule has 0 saturated carbocycles. The predicted octanol–water partition coefficient (Wildman–Crippen LogP) is 2.95. The molecule has 0 amide bonds. The predicted molar refractivity (Wildman–Crippen MR) is 87.8 cm³/mol. The van der Waals surface area contributed by atoms with E-state index in [1.807, 2.05) is 11.8 Å². The van der Waals surface area contributed by atoms with Crippen LogP contribution in [-0.4, -0.2) is 43.4 Å². The molecule has 0 aliphatic carbocycles. The number of benzene rings is 1. The Bertz CT molecular complexity index is 596. The summed E-state index contributed by atoms with van der Waals surface area (Å²) in [5.41, 5.74) is 0.767. The third kappa shape index (κ3) is 3.67. The SMILES string of the molecule is COc1ccc(CCl)cc1S(=O)(=O)N1CC(C)SC(C)C1. The molecule has 0 radical (unpaired) electrons. The molecule has 1 aromatic carbocycles. The van der Waals surface area contributed by atoms with Gasteiger partial charge in [-0.25, -0.2) is 8.42 Å². The lowest BCUT2D eigenvalue weighted by Crippen LogP contribution is -2.44. The van der Waals surface area contributed by atoms with Gasteiger partial charge in [-0.15, -0.1) is 11.6 Å². The minimum absolute atomic E-state index is 0.203. The third-order valence-electron chi connectivity index (χ3n) is 3.39. The first-order chi connectivity index (χ1) is 9.88. The fourth-order valence-corrected chi connectivity index (χ4v) is 5.98. The number of methoxy groups -OCH3 is 1. The smallest absolute Gasteiger partial charge is 0.246 e. The fourth-order valence-electron chi connectivity index (χ4n) is 2.47. The number of rotatable bonds is 4. The zero-order chi connectivity index (χ0) is 15.6. The van der Waals surface area contributed by atoms with E-state index in [-0.39, 0.29) is 21.3 Å². The summed E-state index contributed by atoms with van der Waals surface area (Å²) >= 11 is 7.64. The van der Waals surface area contributed by atoms with Gasteiger partial charge in [-0.2, -0.15) is 16.1 Å². The topological polar surface area (TPSA) is 46.6 Å². The van der Waals surface area contributed by atoms with Crippen molar-refractivity contribution in [2.75, 3.05) is 20.2 Å². The second-order valence-corrected chi connectivity index (χ2v) is 9.25. The zero-order valence-electron chi connectivity index (χ0n) is 12.4. The van der Waals surface area contributed by atoms with Crippen molar-refractivity contribution in [1.29, 1.82) is 0 Å². The molecule has 1 saturated heterocycles. The molecule has 4 nitrogen and oxygen atoms in total. The third-order valence-corrected chi connectivity index (χ3v) is 6.78. The van der Waals surface area contributed by atoms with Gasteiger partial charge in [0.2, 0.25) is 10.0 Å². The van der Waals surface area contributed by atoms with Crippen molar-refractivity contribution in [2.45, 2.75) is 35.1 Å². The van der Waals surface area contributed by atoms with Crippen LogP contribution in [0.25, 0.3) is 0 Å². The maximum Gasteiger partial charge on any atom is 0.246 e. The summed E-state index contributed by atoms with van der Waals surface area (Å²) in [6.07, 6.45) is 0. The van der Waals surface area contributed by atoms with Crippen LogP contribution in [0.3, 0.4) is 0 Å². The van der Waals surface area contributed by atoms with Crippen LogP contribution in [-0.2, 0) is 15.9 Å². The summed E-state index contributed by atoms with van der Waals surface area (Å²) in [6, 6.07) is 5.05. The minimum atomic E-state index is -3.57. The van der Waals surface area contributed by atoms with Gasteiger partial charge < -0.3 is 4.74 Å². The van der Waals surface area contributed by atoms with Crippen molar-refractivity contribution in [3.05, 3.63) is 23.8 Å². The van der Waals surface area contributed by atoms with Gasteiger partial charge in [0.05, 0.1) is 7.11 Å². The Morgan fingerprint density at radius 1 is 1.33 bits per heavy atom. The molecule has 2 atom stereocenters. The van der Waals surface area contributed by atoms with Crippen LogP contribution in [0.4, 0.5) is 0 Å². The molecule has 2 rings (SSSR count). The minimum Gasteiger partial charge on any atom is -0.495 e. The highest BCUT2D eigenvalue weighted by atomic mass is 35.5. The molecule has 0 aromatic heterocycles. The van der Waals surface area contributed by atoms with Crippen molar-refractivity contribution in [3.63, 3.8) is 0 Å². The Balaban J connectivity index is 2.43. The average molecular weight is 350 g/mol. The Kier molecular flexibility index (Phi) is 5.46. The van der Waals surface area contributed by atoms with Crippen LogP contribution >= 0.6 is 23.4 Å². The van der Waals surface area contributed by atoms with Gasteiger partial charge in [-0.1, -0.05) is 19.9 Å². The molecular weight excluding hydrogens is 330 g/mol. The molecule has 1 aromatic rings. The standard InChI is InChI=1S/C14H20ClNO3S2/c1-10-8-16(9-11(2)20-10)21(17,18)14-6-12(7-15)4-5-13(14)19-3/h4-6,10-11H,7-9H2,1-3H3. The Hall–Kier alpha value is -0.430. The normalized spacial score (nSPS) is 24.0. The lowest BCUT2D eigenvalue weighted by molar-refractivity contribution is 0.385. The van der Waals surface area contributed by atoms with E-state index in [4.69, 9.17) is 16.3 Å². The van der Waals surface area contributed by atoms with Crippen molar-refractivity contribution in [1.82, 2.24) is 4.31 Å². The van der Waals surface area contributed by atoms with Gasteiger partial charge in [-0.05, 0) is 17.7 Å². The van der Waals surface area contributed by atoms with Crippen LogP contribution < -0.4 is 4.74 Å². The summed E-state index contributed by atoms with van der Waals surface area (Å²) in [5.74, 6) is 0.636. The van der Waals surface area contributed by atoms with Gasteiger partial charge in [0.1, 0.15) is 10.6 Å². The molecule has 0 bridgehead atoms. The highest BCUT2D eigenvalue weighted by Gasteiger charge is 2.33. The average Bonchev–Trinajstić information content (AvgIpc) is 2.45. The molecule has 0 N–H and O–H groups in total. The largest absolute Gasteiger partial charge is 0.495 e. The molecule has 1 fully saturated rings. The van der Waals surface area contributed by atoms with Gasteiger partial charge in [0, 0.05) is 29.5 Å². The molecule has 118 valence electrons. The number of alkyl halides is 1. The fraction of sp³-hybridized carbons (Fsp3) is 0.571. The maximum absolute atomic E-state index is 12.9. The molecule has 1 aliphatic rings. The van der Waals surface area contributed by atoms with E-state index in [2.05, 4.69) is 13.8 Å². The lowest BCUT2D eigenvalue weighted by atomic mass is 10.2. The first-order valence-electron chi connectivity index (χ1n) is 6.77. The van der Waals surface area contributed by atoms with Gasteiger partial charge in [0.25, 0.3) is 0 Å². The van der Waals surface area contributed by atoms with Crippen molar-refractivity contribution in [3.8, 4) is 5.75 Å². The van der Waals surface area contributed by atoms with Gasteiger partial charge in [0.15, 0.2) is 0 Å². The van der Waals surface area contributed by atoms with Crippen LogP contribution in [0, 0.1) is 0 Å². The van der Waals surface area contributed by atoms with E-state index in [0.29, 0.717) is 18.8 Å². The Labute approximate surface area is 135 Å². The monoisotopic (exact) mass is 349 g/mol. The first kappa shape index (κ1) is 16.9. The van der Waals surface area contributed by atoms with Gasteiger partial charge in [-0.3, -0.25) is 0 Å². The second kappa shape index (κ2) is 6.77. The van der Waals surface area contributed by atoms with E-state index in [0.717, 1.165) is 5.56 Å². The molecule has 1 aliphatic heterocycles. The number of sulfonamides is 1. The van der Waals surface area contributed by atoms with Crippen molar-refractivity contribution < 1.29 is 13.2 Å². The number of nitrogens with zero attached hydrogens (tertiary/aromatic N) is 1. The van der Waals surface area contributed by atoms with Crippen LogP contribution in [0.1, 0.15) is 19.4 Å². The number of hydrogen-bond donors (Lipinski definition) is 0. The van der Waals surface area contributed by atoms with E-state index >= 15 is 0 Å². The second-order valence-electron chi connectivity index (χ2n) is 5.20. The molecule has 0 spiro atoms. The maximum atomic E-state index is 12.9. The number of thioether (sulfide) groups is 1. The van der Waals surface area contributed by atoms with E-state index in [9.17, 15) is 8.42 Å². The van der Waals surface area contributed by atoms with Crippen LogP contribution in [0.2, 0.25) is 0 Å². The summed E-state index contributed by atoms with van der Waals surface area (Å²) in [5, 5.41) is 0.566. The number of hydrogen-bond acceptors (Lipinski definition) is 4. The quantitative estimate of drug-likeness (QED) is 0.784. The lowest BCUT2D eigenvalue weighted by Gasteiger charge is -2.34. The van der Waals surface area contributed by atoms with E-state index in [1.165, 1.54) is 7.11 Å². The van der Waals surface area contributed by atoms with Crippen LogP contribution in [0.15, 0.2) is 23.1 Å². The van der Waals surface area contributed by atoms with E-state index in [1.54, 1.807) is 22.5 Å². The number of halogens is 1. The molecule has 2 unspecified atom stereocenters.